The van der Waals surface area contributed by atoms with Gasteiger partial charge in [0.1, 0.15) is 12.2 Å². The molecule has 1 fully saturated rings. The minimum absolute atomic E-state index is 0.416. The van der Waals surface area contributed by atoms with E-state index >= 15 is 0 Å². The van der Waals surface area contributed by atoms with E-state index in [1.807, 2.05) is 0 Å². The standard InChI is InChI=1S/C18H27N5/c1-15(2)11-23-18(19-14-20-23)13-22-10-9-21(3)12-17(22)16-7-5-4-6-8-16/h4-8,14-15,17H,9-13H2,1-3H3/t17-/m1/s1. The Morgan fingerprint density at radius 2 is 1.96 bits per heavy atom. The lowest BCUT2D eigenvalue weighted by atomic mass is 10.0. The van der Waals surface area contributed by atoms with Crippen molar-refractivity contribution in [1.29, 1.82) is 0 Å². The fraction of sp³-hybridized carbons (Fsp3) is 0.556. The van der Waals surface area contributed by atoms with Gasteiger partial charge in [0.25, 0.3) is 0 Å². The van der Waals surface area contributed by atoms with E-state index in [1.165, 1.54) is 5.56 Å². The van der Waals surface area contributed by atoms with Crippen LogP contribution in [0.4, 0.5) is 0 Å². The lowest BCUT2D eigenvalue weighted by molar-refractivity contribution is 0.0795. The van der Waals surface area contributed by atoms with Crippen molar-refractivity contribution in [2.24, 2.45) is 5.92 Å². The molecule has 0 unspecified atom stereocenters. The van der Waals surface area contributed by atoms with Crippen molar-refractivity contribution < 1.29 is 0 Å². The second-order valence-electron chi connectivity index (χ2n) is 6.91. The molecule has 0 spiro atoms. The fourth-order valence-electron chi connectivity index (χ4n) is 3.23. The highest BCUT2D eigenvalue weighted by Crippen LogP contribution is 2.26. The first kappa shape index (κ1) is 16.1. The Morgan fingerprint density at radius 3 is 2.70 bits per heavy atom. The molecule has 5 nitrogen and oxygen atoms in total. The number of benzene rings is 1. The highest BCUT2D eigenvalue weighted by atomic mass is 15.4. The summed E-state index contributed by atoms with van der Waals surface area (Å²) in [5, 5.41) is 4.40. The van der Waals surface area contributed by atoms with Gasteiger partial charge in [0.15, 0.2) is 0 Å². The summed E-state index contributed by atoms with van der Waals surface area (Å²) in [6.45, 7) is 9.44. The maximum atomic E-state index is 4.51. The van der Waals surface area contributed by atoms with E-state index in [0.717, 1.165) is 38.5 Å². The molecule has 1 saturated heterocycles. The van der Waals surface area contributed by atoms with E-state index < -0.39 is 0 Å². The summed E-state index contributed by atoms with van der Waals surface area (Å²) in [5.41, 5.74) is 1.38. The average Bonchev–Trinajstić information content (AvgIpc) is 2.96. The van der Waals surface area contributed by atoms with Gasteiger partial charge in [-0.1, -0.05) is 44.2 Å². The number of hydrogen-bond donors (Lipinski definition) is 0. The Hall–Kier alpha value is -1.72. The van der Waals surface area contributed by atoms with E-state index in [-0.39, 0.29) is 0 Å². The van der Waals surface area contributed by atoms with Crippen molar-refractivity contribution in [3.05, 3.63) is 48.0 Å². The largest absolute Gasteiger partial charge is 0.303 e. The molecule has 1 aromatic carbocycles. The Bertz CT molecular complexity index is 607. The zero-order chi connectivity index (χ0) is 16.2. The van der Waals surface area contributed by atoms with Gasteiger partial charge >= 0.3 is 0 Å². The highest BCUT2D eigenvalue weighted by molar-refractivity contribution is 5.20. The van der Waals surface area contributed by atoms with Gasteiger partial charge in [-0.3, -0.25) is 4.90 Å². The molecule has 0 aliphatic carbocycles. The summed E-state index contributed by atoms with van der Waals surface area (Å²) in [4.78, 5) is 9.45. The normalized spacial score (nSPS) is 20.3. The quantitative estimate of drug-likeness (QED) is 0.849. The molecule has 0 saturated carbocycles. The molecule has 1 aliphatic heterocycles. The van der Waals surface area contributed by atoms with Crippen molar-refractivity contribution in [3.63, 3.8) is 0 Å². The number of rotatable bonds is 5. The van der Waals surface area contributed by atoms with Crippen molar-refractivity contribution in [2.45, 2.75) is 33.0 Å². The molecule has 0 bridgehead atoms. The molecule has 0 radical (unpaired) electrons. The number of nitrogens with zero attached hydrogens (tertiary/aromatic N) is 5. The predicted molar refractivity (Wildman–Crippen MR) is 92.0 cm³/mol. The smallest absolute Gasteiger partial charge is 0.141 e. The van der Waals surface area contributed by atoms with Crippen LogP contribution >= 0.6 is 0 Å². The van der Waals surface area contributed by atoms with E-state index in [0.29, 0.717) is 12.0 Å². The maximum absolute atomic E-state index is 4.51. The van der Waals surface area contributed by atoms with Crippen molar-refractivity contribution in [2.75, 3.05) is 26.7 Å². The molecule has 3 rings (SSSR count). The van der Waals surface area contributed by atoms with Crippen molar-refractivity contribution in [3.8, 4) is 0 Å². The van der Waals surface area contributed by atoms with E-state index in [9.17, 15) is 0 Å². The molecule has 2 aromatic rings. The van der Waals surface area contributed by atoms with Gasteiger partial charge in [0.2, 0.25) is 0 Å². The Labute approximate surface area is 138 Å². The highest BCUT2D eigenvalue weighted by Gasteiger charge is 2.27. The fourth-order valence-corrected chi connectivity index (χ4v) is 3.23. The van der Waals surface area contributed by atoms with Gasteiger partial charge in [-0.2, -0.15) is 5.10 Å². The van der Waals surface area contributed by atoms with Crippen LogP contribution in [0.25, 0.3) is 0 Å². The van der Waals surface area contributed by atoms with Gasteiger partial charge in [-0.05, 0) is 18.5 Å². The van der Waals surface area contributed by atoms with Crippen LogP contribution in [-0.4, -0.2) is 51.2 Å². The van der Waals surface area contributed by atoms with Crippen LogP contribution < -0.4 is 0 Å². The summed E-state index contributed by atoms with van der Waals surface area (Å²) >= 11 is 0. The first-order valence-corrected chi connectivity index (χ1v) is 8.47. The van der Waals surface area contributed by atoms with Crippen LogP contribution in [0.2, 0.25) is 0 Å². The Morgan fingerprint density at radius 1 is 1.17 bits per heavy atom. The predicted octanol–water partition coefficient (Wildman–Crippen LogP) is 2.42. The third-order valence-corrected chi connectivity index (χ3v) is 4.46. The maximum Gasteiger partial charge on any atom is 0.141 e. The van der Waals surface area contributed by atoms with E-state index in [1.54, 1.807) is 6.33 Å². The third-order valence-electron chi connectivity index (χ3n) is 4.46. The van der Waals surface area contributed by atoms with E-state index in [2.05, 4.69) is 75.8 Å². The van der Waals surface area contributed by atoms with Crippen LogP contribution in [0, 0.1) is 5.92 Å². The number of aromatic nitrogens is 3. The number of likely N-dealkylation sites (N-methyl/N-ethyl adjacent to an activating group) is 1. The van der Waals surface area contributed by atoms with Crippen LogP contribution in [0.3, 0.4) is 0 Å². The summed E-state index contributed by atoms with van der Waals surface area (Å²) in [6.07, 6.45) is 1.69. The van der Waals surface area contributed by atoms with Gasteiger partial charge in [0, 0.05) is 32.2 Å². The molecule has 0 amide bonds. The summed E-state index contributed by atoms with van der Waals surface area (Å²) < 4.78 is 2.06. The van der Waals surface area contributed by atoms with Gasteiger partial charge in [0.05, 0.1) is 6.54 Å². The molecule has 23 heavy (non-hydrogen) atoms. The summed E-state index contributed by atoms with van der Waals surface area (Å²) in [7, 11) is 2.20. The van der Waals surface area contributed by atoms with Gasteiger partial charge in [-0.15, -0.1) is 0 Å². The molecular weight excluding hydrogens is 286 g/mol. The third kappa shape index (κ3) is 3.98. The van der Waals surface area contributed by atoms with Gasteiger partial charge < -0.3 is 4.90 Å². The second-order valence-corrected chi connectivity index (χ2v) is 6.91. The Balaban J connectivity index is 1.78. The number of piperazine rings is 1. The molecule has 1 atom stereocenters. The van der Waals surface area contributed by atoms with E-state index in [4.69, 9.17) is 0 Å². The molecule has 0 N–H and O–H groups in total. The molecule has 1 aromatic heterocycles. The summed E-state index contributed by atoms with van der Waals surface area (Å²) in [6, 6.07) is 11.2. The van der Waals surface area contributed by atoms with Crippen LogP contribution in [0.15, 0.2) is 36.7 Å². The lowest BCUT2D eigenvalue weighted by Gasteiger charge is -2.40. The minimum Gasteiger partial charge on any atom is -0.303 e. The molecular formula is C18H27N5. The zero-order valence-corrected chi connectivity index (χ0v) is 14.4. The lowest BCUT2D eigenvalue weighted by Crippen LogP contribution is -2.46. The molecule has 2 heterocycles. The molecule has 5 heteroatoms. The first-order valence-electron chi connectivity index (χ1n) is 8.47. The second kappa shape index (κ2) is 7.23. The van der Waals surface area contributed by atoms with Crippen LogP contribution in [0.5, 0.6) is 0 Å². The first-order chi connectivity index (χ1) is 11.1. The number of hydrogen-bond acceptors (Lipinski definition) is 4. The van der Waals surface area contributed by atoms with Crippen molar-refractivity contribution >= 4 is 0 Å². The monoisotopic (exact) mass is 313 g/mol. The van der Waals surface area contributed by atoms with Gasteiger partial charge in [-0.25, -0.2) is 9.67 Å². The summed E-state index contributed by atoms with van der Waals surface area (Å²) in [5.74, 6) is 1.65. The molecule has 124 valence electrons. The SMILES string of the molecule is CC(C)Cn1ncnc1CN1CCN(C)C[C@@H]1c1ccccc1. The van der Waals surface area contributed by atoms with Crippen molar-refractivity contribution in [1.82, 2.24) is 24.6 Å². The van der Waals surface area contributed by atoms with Crippen LogP contribution in [0.1, 0.15) is 31.3 Å². The zero-order valence-electron chi connectivity index (χ0n) is 14.4. The Kier molecular flexibility index (Phi) is 5.08. The minimum atomic E-state index is 0.416. The average molecular weight is 313 g/mol. The topological polar surface area (TPSA) is 37.2 Å². The van der Waals surface area contributed by atoms with Crippen LogP contribution in [-0.2, 0) is 13.1 Å². The molecule has 1 aliphatic rings.